The van der Waals surface area contributed by atoms with Crippen molar-refractivity contribution in [1.29, 1.82) is 0 Å². The van der Waals surface area contributed by atoms with E-state index in [0.717, 1.165) is 18.4 Å². The van der Waals surface area contributed by atoms with Crippen LogP contribution >= 0.6 is 0 Å². The van der Waals surface area contributed by atoms with Crippen LogP contribution in [0.15, 0.2) is 30.3 Å². The molecule has 0 saturated heterocycles. The molecule has 5 N–H and O–H groups in total. The number of amides is 1. The maximum atomic E-state index is 11.6. The Bertz CT molecular complexity index is 437. The van der Waals surface area contributed by atoms with Crippen LogP contribution in [0.4, 0.5) is 0 Å². The summed E-state index contributed by atoms with van der Waals surface area (Å²) in [5.41, 5.74) is 12.0. The Morgan fingerprint density at radius 3 is 2.57 bits per heavy atom. The molecule has 0 heterocycles. The van der Waals surface area contributed by atoms with Gasteiger partial charge in [-0.3, -0.25) is 9.59 Å². The normalized spacial score (nSPS) is 11.7. The van der Waals surface area contributed by atoms with Gasteiger partial charge in [-0.2, -0.15) is 0 Å². The minimum atomic E-state index is -0.613. The van der Waals surface area contributed by atoms with E-state index in [1.807, 2.05) is 30.3 Å². The Kier molecular flexibility index (Phi) is 8.08. The largest absolute Gasteiger partial charge is 0.460 e. The number of rotatable bonds is 9. The van der Waals surface area contributed by atoms with E-state index in [2.05, 4.69) is 5.32 Å². The van der Waals surface area contributed by atoms with Crippen molar-refractivity contribution in [1.82, 2.24) is 5.32 Å². The summed E-state index contributed by atoms with van der Waals surface area (Å²) in [5.74, 6) is -0.829. The van der Waals surface area contributed by atoms with Crippen molar-refractivity contribution < 1.29 is 14.3 Å². The van der Waals surface area contributed by atoms with Crippen molar-refractivity contribution in [3.8, 4) is 0 Å². The second-order valence-electron chi connectivity index (χ2n) is 4.76. The van der Waals surface area contributed by atoms with E-state index in [1.54, 1.807) is 0 Å². The van der Waals surface area contributed by atoms with Crippen LogP contribution in [0.1, 0.15) is 24.8 Å². The predicted molar refractivity (Wildman–Crippen MR) is 80.1 cm³/mol. The molecule has 0 spiro atoms. The third kappa shape index (κ3) is 7.43. The third-order valence-electron chi connectivity index (χ3n) is 2.96. The van der Waals surface area contributed by atoms with Gasteiger partial charge in [0.05, 0.1) is 6.04 Å². The van der Waals surface area contributed by atoms with Crippen LogP contribution in [-0.4, -0.2) is 31.0 Å². The molecule has 1 aromatic carbocycles. The number of carbonyl (C=O) groups excluding carboxylic acids is 2. The van der Waals surface area contributed by atoms with E-state index in [0.29, 0.717) is 13.0 Å². The minimum Gasteiger partial charge on any atom is -0.460 e. The number of esters is 1. The number of nitrogens with one attached hydrogen (secondary N) is 1. The zero-order valence-corrected chi connectivity index (χ0v) is 12.1. The van der Waals surface area contributed by atoms with Crippen molar-refractivity contribution in [3.63, 3.8) is 0 Å². The van der Waals surface area contributed by atoms with E-state index in [1.165, 1.54) is 0 Å². The van der Waals surface area contributed by atoms with Gasteiger partial charge in [0.25, 0.3) is 0 Å². The van der Waals surface area contributed by atoms with Crippen molar-refractivity contribution in [2.24, 2.45) is 11.5 Å². The molecule has 1 aromatic rings. The van der Waals surface area contributed by atoms with Crippen LogP contribution < -0.4 is 16.8 Å². The molecule has 0 aliphatic rings. The van der Waals surface area contributed by atoms with Gasteiger partial charge in [-0.15, -0.1) is 0 Å². The topological polar surface area (TPSA) is 107 Å². The summed E-state index contributed by atoms with van der Waals surface area (Å²) in [6.45, 7) is 0.606. The van der Waals surface area contributed by atoms with Gasteiger partial charge >= 0.3 is 5.97 Å². The summed E-state index contributed by atoms with van der Waals surface area (Å²) < 4.78 is 5.05. The van der Waals surface area contributed by atoms with Crippen LogP contribution in [0, 0.1) is 0 Å². The molecule has 21 heavy (non-hydrogen) atoms. The Morgan fingerprint density at radius 1 is 1.19 bits per heavy atom. The zero-order valence-electron chi connectivity index (χ0n) is 12.1. The van der Waals surface area contributed by atoms with Crippen molar-refractivity contribution in [3.05, 3.63) is 35.9 Å². The fraction of sp³-hybridized carbons (Fsp3) is 0.467. The molecule has 6 nitrogen and oxygen atoms in total. The molecule has 1 atom stereocenters. The Labute approximate surface area is 124 Å². The zero-order chi connectivity index (χ0) is 15.5. The molecule has 0 bridgehead atoms. The van der Waals surface area contributed by atoms with E-state index in [9.17, 15) is 9.59 Å². The highest BCUT2D eigenvalue weighted by atomic mass is 16.5. The van der Waals surface area contributed by atoms with Crippen LogP contribution in [0.3, 0.4) is 0 Å². The second kappa shape index (κ2) is 9.90. The summed E-state index contributed by atoms with van der Waals surface area (Å²) in [6, 6.07) is 8.73. The average Bonchev–Trinajstić information content (AvgIpc) is 2.51. The summed E-state index contributed by atoms with van der Waals surface area (Å²) in [4.78, 5) is 23.2. The van der Waals surface area contributed by atoms with Crippen LogP contribution in [0.5, 0.6) is 0 Å². The lowest BCUT2D eigenvalue weighted by Crippen LogP contribution is -2.42. The highest BCUT2D eigenvalue weighted by Crippen LogP contribution is 2.01. The maximum absolute atomic E-state index is 11.6. The monoisotopic (exact) mass is 293 g/mol. The first-order valence-electron chi connectivity index (χ1n) is 7.06. The lowest BCUT2D eigenvalue weighted by Gasteiger charge is -2.11. The predicted octanol–water partition coefficient (Wildman–Crippen LogP) is 0.302. The van der Waals surface area contributed by atoms with Crippen LogP contribution in [0.25, 0.3) is 0 Å². The SMILES string of the molecule is NCCCC[C@H](N)C(=O)NCC(=O)OCc1ccccc1. The van der Waals surface area contributed by atoms with Gasteiger partial charge in [0.2, 0.25) is 5.91 Å². The Hall–Kier alpha value is -1.92. The van der Waals surface area contributed by atoms with E-state index in [-0.39, 0.29) is 19.1 Å². The fourth-order valence-electron chi connectivity index (χ4n) is 1.72. The minimum absolute atomic E-state index is 0.170. The summed E-state index contributed by atoms with van der Waals surface area (Å²) in [5, 5.41) is 2.48. The molecule has 116 valence electrons. The molecule has 0 aromatic heterocycles. The second-order valence-corrected chi connectivity index (χ2v) is 4.76. The van der Waals surface area contributed by atoms with E-state index in [4.69, 9.17) is 16.2 Å². The number of hydrogen-bond donors (Lipinski definition) is 3. The van der Waals surface area contributed by atoms with Gasteiger partial charge in [-0.05, 0) is 24.9 Å². The molecular weight excluding hydrogens is 270 g/mol. The molecule has 1 rings (SSSR count). The van der Waals surface area contributed by atoms with Gasteiger partial charge in [0.15, 0.2) is 0 Å². The fourth-order valence-corrected chi connectivity index (χ4v) is 1.72. The van der Waals surface area contributed by atoms with Crippen molar-refractivity contribution in [2.75, 3.05) is 13.1 Å². The van der Waals surface area contributed by atoms with Crippen molar-refractivity contribution in [2.45, 2.75) is 31.9 Å². The van der Waals surface area contributed by atoms with E-state index < -0.39 is 12.0 Å². The van der Waals surface area contributed by atoms with Crippen LogP contribution in [0.2, 0.25) is 0 Å². The smallest absolute Gasteiger partial charge is 0.325 e. The van der Waals surface area contributed by atoms with E-state index >= 15 is 0 Å². The first-order valence-corrected chi connectivity index (χ1v) is 7.06. The Balaban J connectivity index is 2.18. The summed E-state index contributed by atoms with van der Waals surface area (Å²) in [6.07, 6.45) is 2.19. The van der Waals surface area contributed by atoms with Crippen molar-refractivity contribution >= 4 is 11.9 Å². The highest BCUT2D eigenvalue weighted by Gasteiger charge is 2.14. The van der Waals surface area contributed by atoms with Gasteiger partial charge in [-0.25, -0.2) is 0 Å². The van der Waals surface area contributed by atoms with Crippen LogP contribution in [-0.2, 0) is 20.9 Å². The number of hydrogen-bond acceptors (Lipinski definition) is 5. The first-order chi connectivity index (χ1) is 10.1. The number of unbranched alkanes of at least 4 members (excludes halogenated alkanes) is 1. The molecule has 0 aliphatic carbocycles. The number of benzene rings is 1. The molecule has 0 unspecified atom stereocenters. The lowest BCUT2D eigenvalue weighted by molar-refractivity contribution is -0.145. The first kappa shape index (κ1) is 17.1. The highest BCUT2D eigenvalue weighted by molar-refractivity contribution is 5.85. The Morgan fingerprint density at radius 2 is 1.90 bits per heavy atom. The van der Waals surface area contributed by atoms with Gasteiger partial charge < -0.3 is 21.5 Å². The molecule has 0 saturated carbocycles. The van der Waals surface area contributed by atoms with Gasteiger partial charge in [-0.1, -0.05) is 36.8 Å². The standard InChI is InChI=1S/C15H23N3O3/c16-9-5-4-8-13(17)15(20)18-10-14(19)21-11-12-6-2-1-3-7-12/h1-3,6-7,13H,4-5,8-11,16-17H2,(H,18,20)/t13-/m0/s1. The van der Waals surface area contributed by atoms with Gasteiger partial charge in [0, 0.05) is 0 Å². The molecule has 1 amide bonds. The summed E-state index contributed by atoms with van der Waals surface area (Å²) in [7, 11) is 0. The third-order valence-corrected chi connectivity index (χ3v) is 2.96. The number of carbonyl (C=O) groups is 2. The average molecular weight is 293 g/mol. The molecule has 6 heteroatoms. The molecule has 0 fully saturated rings. The molecule has 0 radical (unpaired) electrons. The molecule has 0 aliphatic heterocycles. The molecular formula is C15H23N3O3. The maximum Gasteiger partial charge on any atom is 0.325 e. The summed E-state index contributed by atoms with van der Waals surface area (Å²) >= 11 is 0. The lowest BCUT2D eigenvalue weighted by atomic mass is 10.1. The number of ether oxygens (including phenoxy) is 1. The quantitative estimate of drug-likeness (QED) is 0.448. The van der Waals surface area contributed by atoms with Gasteiger partial charge in [0.1, 0.15) is 13.2 Å². The number of nitrogens with two attached hydrogens (primary N) is 2.